The molecule has 0 aromatic rings. The topological polar surface area (TPSA) is 68.2 Å². The third-order valence-corrected chi connectivity index (χ3v) is 0.577. The number of hydrogen-bond acceptors (Lipinski definition) is 5. The Bertz CT molecular complexity index is 42.2. The lowest BCUT2D eigenvalue weighted by molar-refractivity contribution is -0.253. The van der Waals surface area contributed by atoms with Gasteiger partial charge in [0.1, 0.15) is 20.2 Å². The summed E-state index contributed by atoms with van der Waals surface area (Å²) < 4.78 is 9.02. The molecule has 0 aromatic heterocycles. The smallest absolute Gasteiger partial charge is 0.149 e. The number of ether oxygens (including phenoxy) is 2. The molecular weight excluding hydrogens is 128 g/mol. The first kappa shape index (κ1) is 8.80. The summed E-state index contributed by atoms with van der Waals surface area (Å²) in [4.78, 5) is 3.68. The molecule has 9 heavy (non-hydrogen) atoms. The second-order valence-corrected chi connectivity index (χ2v) is 1.19. The van der Waals surface area contributed by atoms with Gasteiger partial charge in [0.15, 0.2) is 0 Å². The summed E-state index contributed by atoms with van der Waals surface area (Å²) >= 11 is 0. The molecule has 0 spiro atoms. The van der Waals surface area contributed by atoms with E-state index in [0.717, 1.165) is 0 Å². The van der Waals surface area contributed by atoms with Gasteiger partial charge in [-0.1, -0.05) is 0 Å². The summed E-state index contributed by atoms with van der Waals surface area (Å²) in [6.07, 6.45) is 0. The molecular formula is C4H10O5. The molecule has 56 valence electrons. The fourth-order valence-corrected chi connectivity index (χ4v) is 0.251. The fraction of sp³-hybridized carbons (Fsp3) is 1.00. The molecule has 0 aliphatic heterocycles. The fourth-order valence-electron chi connectivity index (χ4n) is 0.251. The van der Waals surface area contributed by atoms with Crippen molar-refractivity contribution in [1.82, 2.24) is 0 Å². The van der Waals surface area contributed by atoms with Crippen LogP contribution in [-0.2, 0) is 14.4 Å². The molecule has 0 aliphatic carbocycles. The van der Waals surface area contributed by atoms with Gasteiger partial charge < -0.3 is 14.6 Å². The maximum Gasteiger partial charge on any atom is 0.149 e. The predicted molar refractivity (Wildman–Crippen MR) is 27.6 cm³/mol. The molecule has 0 amide bonds. The molecule has 0 saturated heterocycles. The van der Waals surface area contributed by atoms with Gasteiger partial charge in [-0.2, -0.15) is 0 Å². The molecule has 0 saturated carbocycles. The van der Waals surface area contributed by atoms with Gasteiger partial charge in [-0.05, 0) is 0 Å². The maximum atomic E-state index is 8.04. The Morgan fingerprint density at radius 2 is 1.89 bits per heavy atom. The molecule has 0 bridgehead atoms. The lowest BCUT2D eigenvalue weighted by Gasteiger charge is -2.00. The van der Waals surface area contributed by atoms with E-state index in [1.165, 1.54) is 0 Å². The van der Waals surface area contributed by atoms with Crippen molar-refractivity contribution in [2.75, 3.05) is 26.8 Å². The van der Waals surface area contributed by atoms with Gasteiger partial charge in [0, 0.05) is 0 Å². The average molecular weight is 138 g/mol. The van der Waals surface area contributed by atoms with Crippen molar-refractivity contribution in [2.24, 2.45) is 0 Å². The number of aliphatic hydroxyl groups is 1. The van der Waals surface area contributed by atoms with Crippen LogP contribution in [0.2, 0.25) is 0 Å². The second-order valence-electron chi connectivity index (χ2n) is 1.19. The summed E-state index contributed by atoms with van der Waals surface area (Å²) in [6, 6.07) is 0. The second kappa shape index (κ2) is 7.80. The standard InChI is InChI=1S/C4H10O5/c5-3-8-4-7-1-2-9-6/h5-6H,1-4H2. The van der Waals surface area contributed by atoms with Gasteiger partial charge in [0.2, 0.25) is 0 Å². The Balaban J connectivity index is 2.60. The molecule has 0 fully saturated rings. The number of rotatable bonds is 6. The zero-order valence-corrected chi connectivity index (χ0v) is 4.95. The summed E-state index contributed by atoms with van der Waals surface area (Å²) in [7, 11) is 0. The Kier molecular flexibility index (Phi) is 7.63. The lowest BCUT2D eigenvalue weighted by Crippen LogP contribution is -2.06. The SMILES string of the molecule is OCOCOCCOO. The summed E-state index contributed by atoms with van der Waals surface area (Å²) in [6.45, 7) is 0.00509. The summed E-state index contributed by atoms with van der Waals surface area (Å²) in [5.41, 5.74) is 0. The van der Waals surface area contributed by atoms with E-state index in [1.807, 2.05) is 0 Å². The average Bonchev–Trinajstić information content (AvgIpc) is 1.89. The van der Waals surface area contributed by atoms with Gasteiger partial charge in [-0.15, -0.1) is 0 Å². The van der Waals surface area contributed by atoms with Crippen LogP contribution in [0.4, 0.5) is 0 Å². The van der Waals surface area contributed by atoms with Crippen molar-refractivity contribution in [2.45, 2.75) is 0 Å². The third kappa shape index (κ3) is 7.80. The van der Waals surface area contributed by atoms with Gasteiger partial charge >= 0.3 is 0 Å². The van der Waals surface area contributed by atoms with Crippen LogP contribution in [-0.4, -0.2) is 37.2 Å². The van der Waals surface area contributed by atoms with Crippen molar-refractivity contribution < 1.29 is 24.7 Å². The van der Waals surface area contributed by atoms with Crippen LogP contribution < -0.4 is 0 Å². The van der Waals surface area contributed by atoms with E-state index >= 15 is 0 Å². The Hall–Kier alpha value is -0.200. The highest BCUT2D eigenvalue weighted by molar-refractivity contribution is 4.18. The Labute approximate surface area is 52.7 Å². The Morgan fingerprint density at radius 1 is 1.11 bits per heavy atom. The van der Waals surface area contributed by atoms with Crippen molar-refractivity contribution in [1.29, 1.82) is 0 Å². The number of hydrogen-bond donors (Lipinski definition) is 2. The first-order valence-electron chi connectivity index (χ1n) is 2.44. The molecule has 0 aromatic carbocycles. The van der Waals surface area contributed by atoms with E-state index in [4.69, 9.17) is 10.4 Å². The molecule has 0 aliphatic rings. The van der Waals surface area contributed by atoms with Gasteiger partial charge in [0.05, 0.1) is 6.61 Å². The molecule has 0 heterocycles. The van der Waals surface area contributed by atoms with E-state index in [2.05, 4.69) is 14.4 Å². The van der Waals surface area contributed by atoms with Crippen LogP contribution in [0.5, 0.6) is 0 Å². The van der Waals surface area contributed by atoms with Crippen LogP contribution >= 0.6 is 0 Å². The summed E-state index contributed by atoms with van der Waals surface area (Å²) in [5.74, 6) is 0. The minimum Gasteiger partial charge on any atom is -0.371 e. The molecule has 5 heteroatoms. The molecule has 0 atom stereocenters. The molecule has 5 nitrogen and oxygen atoms in total. The van der Waals surface area contributed by atoms with Gasteiger partial charge in [-0.3, -0.25) is 5.26 Å². The zero-order chi connectivity index (χ0) is 6.95. The van der Waals surface area contributed by atoms with E-state index in [0.29, 0.717) is 0 Å². The largest absolute Gasteiger partial charge is 0.371 e. The minimum atomic E-state index is -0.361. The van der Waals surface area contributed by atoms with Crippen molar-refractivity contribution >= 4 is 0 Å². The van der Waals surface area contributed by atoms with E-state index in [9.17, 15) is 0 Å². The van der Waals surface area contributed by atoms with Crippen molar-refractivity contribution in [3.8, 4) is 0 Å². The van der Waals surface area contributed by atoms with E-state index in [1.54, 1.807) is 0 Å². The Morgan fingerprint density at radius 3 is 2.44 bits per heavy atom. The van der Waals surface area contributed by atoms with Crippen LogP contribution in [0.3, 0.4) is 0 Å². The quantitative estimate of drug-likeness (QED) is 0.222. The molecule has 0 rings (SSSR count). The molecule has 2 N–H and O–H groups in total. The maximum absolute atomic E-state index is 8.04. The molecule has 0 radical (unpaired) electrons. The van der Waals surface area contributed by atoms with Crippen molar-refractivity contribution in [3.63, 3.8) is 0 Å². The van der Waals surface area contributed by atoms with Crippen LogP contribution in [0.25, 0.3) is 0 Å². The minimum absolute atomic E-state index is 0.0137. The van der Waals surface area contributed by atoms with Gasteiger partial charge in [0.25, 0.3) is 0 Å². The first-order valence-corrected chi connectivity index (χ1v) is 2.44. The van der Waals surface area contributed by atoms with E-state index < -0.39 is 0 Å². The van der Waals surface area contributed by atoms with Crippen LogP contribution in [0.1, 0.15) is 0 Å². The predicted octanol–water partition coefficient (Wildman–Crippen LogP) is -0.583. The van der Waals surface area contributed by atoms with Gasteiger partial charge in [-0.25, -0.2) is 4.89 Å². The van der Waals surface area contributed by atoms with Crippen molar-refractivity contribution in [3.05, 3.63) is 0 Å². The third-order valence-electron chi connectivity index (χ3n) is 0.577. The van der Waals surface area contributed by atoms with E-state index in [-0.39, 0.29) is 26.8 Å². The highest BCUT2D eigenvalue weighted by Crippen LogP contribution is 1.76. The number of aliphatic hydroxyl groups excluding tert-OH is 1. The first-order chi connectivity index (χ1) is 4.41. The normalized spacial score (nSPS) is 10.0. The van der Waals surface area contributed by atoms with Crippen LogP contribution in [0.15, 0.2) is 0 Å². The highest BCUT2D eigenvalue weighted by atomic mass is 17.1. The zero-order valence-electron chi connectivity index (χ0n) is 4.95. The molecule has 0 unspecified atom stereocenters. The monoisotopic (exact) mass is 138 g/mol. The summed E-state index contributed by atoms with van der Waals surface area (Å²) in [5, 5.41) is 15.8. The van der Waals surface area contributed by atoms with Crippen LogP contribution in [0, 0.1) is 0 Å². The lowest BCUT2D eigenvalue weighted by atomic mass is 10.8. The highest BCUT2D eigenvalue weighted by Gasteiger charge is 1.85.